The first kappa shape index (κ1) is 22.5. The van der Waals surface area contributed by atoms with Gasteiger partial charge in [0.1, 0.15) is 5.78 Å². The van der Waals surface area contributed by atoms with Crippen LogP contribution in [0, 0.1) is 6.65 Å². The van der Waals surface area contributed by atoms with E-state index in [0.717, 1.165) is 7.11 Å². The van der Waals surface area contributed by atoms with Gasteiger partial charge in [-0.1, -0.05) is 6.92 Å². The molecule has 3 heteroatoms. The summed E-state index contributed by atoms with van der Waals surface area (Å²) >= 11 is 0. The normalized spacial score (nSPS) is 4.55. The van der Waals surface area contributed by atoms with Crippen molar-refractivity contribution in [1.82, 2.24) is 0 Å². The second-order valence-electron chi connectivity index (χ2n) is 1.06. The maximum absolute atomic E-state index is 9.81. The maximum atomic E-state index is 9.81. The molecule has 0 spiro atoms. The molecule has 0 radical (unpaired) electrons. The van der Waals surface area contributed by atoms with E-state index in [1.165, 1.54) is 0 Å². The molecule has 3 nitrogen and oxygen atoms in total. The van der Waals surface area contributed by atoms with Crippen molar-refractivity contribution in [3.05, 3.63) is 19.8 Å². The van der Waals surface area contributed by atoms with E-state index in [2.05, 4.69) is 19.8 Å². The van der Waals surface area contributed by atoms with Crippen LogP contribution in [-0.2, 0) is 9.45 Å². The van der Waals surface area contributed by atoms with Gasteiger partial charge in [-0.3, -0.25) is 0 Å². The molecule has 0 aromatic carbocycles. The SMILES string of the molecule is C=C.CCC(C)=O.CO.[C-]#[O+]. The van der Waals surface area contributed by atoms with E-state index >= 15 is 0 Å². The molecule has 0 amide bonds. The van der Waals surface area contributed by atoms with Crippen molar-refractivity contribution in [3.8, 4) is 0 Å². The molecule has 0 aromatic heterocycles. The van der Waals surface area contributed by atoms with Crippen LogP contribution in [0.5, 0.6) is 0 Å². The molecule has 0 rings (SSSR count). The number of Topliss-reactive ketones (excluding diaryl/α,β-unsaturated/α-hetero) is 1. The Kier molecular flexibility index (Phi) is 127. The van der Waals surface area contributed by atoms with Gasteiger partial charge in [0.15, 0.2) is 0 Å². The van der Waals surface area contributed by atoms with Crippen LogP contribution in [0.2, 0.25) is 0 Å². The van der Waals surface area contributed by atoms with E-state index in [1.54, 1.807) is 6.92 Å². The van der Waals surface area contributed by atoms with Gasteiger partial charge in [-0.05, 0) is 6.92 Å². The second-order valence-corrected chi connectivity index (χ2v) is 1.06. The Bertz CT molecular complexity index is 76.7. The molecular formula is C8H16O3. The predicted octanol–water partition coefficient (Wildman–Crippen LogP) is 1.36. The van der Waals surface area contributed by atoms with Gasteiger partial charge in [0.2, 0.25) is 0 Å². The molecule has 11 heavy (non-hydrogen) atoms. The zero-order valence-corrected chi connectivity index (χ0v) is 7.39. The molecule has 0 aliphatic carbocycles. The van der Waals surface area contributed by atoms with Crippen molar-refractivity contribution < 1.29 is 14.6 Å². The van der Waals surface area contributed by atoms with Gasteiger partial charge in [-0.2, -0.15) is 0 Å². The van der Waals surface area contributed by atoms with Gasteiger partial charge in [0, 0.05) is 13.5 Å². The van der Waals surface area contributed by atoms with E-state index in [-0.39, 0.29) is 5.78 Å². The van der Waals surface area contributed by atoms with Crippen LogP contribution in [0.3, 0.4) is 0 Å². The van der Waals surface area contributed by atoms with E-state index in [4.69, 9.17) is 9.76 Å². The summed E-state index contributed by atoms with van der Waals surface area (Å²) in [6.45, 7) is 13.9. The van der Waals surface area contributed by atoms with Crippen LogP contribution >= 0.6 is 0 Å². The molecule has 0 saturated heterocycles. The van der Waals surface area contributed by atoms with Crippen LogP contribution in [0.4, 0.5) is 0 Å². The number of aliphatic hydroxyl groups excluding tert-OH is 1. The van der Waals surface area contributed by atoms with Gasteiger partial charge >= 0.3 is 11.3 Å². The van der Waals surface area contributed by atoms with Crippen molar-refractivity contribution in [2.45, 2.75) is 20.3 Å². The minimum atomic E-state index is 0.255. The summed E-state index contributed by atoms with van der Waals surface area (Å²) in [6.07, 6.45) is 0.667. The van der Waals surface area contributed by atoms with Gasteiger partial charge in [0.05, 0.1) is 0 Å². The fraction of sp³-hybridized carbons (Fsp3) is 0.500. The molecule has 0 saturated carbocycles. The van der Waals surface area contributed by atoms with Crippen molar-refractivity contribution in [3.63, 3.8) is 0 Å². The van der Waals surface area contributed by atoms with Crippen LogP contribution < -0.4 is 0 Å². The number of hydrogen-bond donors (Lipinski definition) is 1. The fourth-order valence-electron chi connectivity index (χ4n) is 0. The molecule has 0 heterocycles. The van der Waals surface area contributed by atoms with E-state index < -0.39 is 0 Å². The molecule has 0 fully saturated rings. The third-order valence-electron chi connectivity index (χ3n) is 0.498. The summed E-state index contributed by atoms with van der Waals surface area (Å²) in [5.41, 5.74) is 0. The first-order valence-electron chi connectivity index (χ1n) is 2.92. The van der Waals surface area contributed by atoms with Gasteiger partial charge < -0.3 is 9.90 Å². The van der Waals surface area contributed by atoms with Crippen LogP contribution in [-0.4, -0.2) is 18.0 Å². The van der Waals surface area contributed by atoms with Crippen molar-refractivity contribution in [2.75, 3.05) is 7.11 Å². The number of carbonyl (C=O) groups is 1. The number of aliphatic hydroxyl groups is 1. The molecule has 0 bridgehead atoms. The number of rotatable bonds is 1. The van der Waals surface area contributed by atoms with Crippen molar-refractivity contribution in [1.29, 1.82) is 0 Å². The second kappa shape index (κ2) is 61.9. The van der Waals surface area contributed by atoms with E-state index in [9.17, 15) is 4.79 Å². The van der Waals surface area contributed by atoms with Crippen LogP contribution in [0.1, 0.15) is 20.3 Å². The summed E-state index contributed by atoms with van der Waals surface area (Å²) < 4.78 is 7.50. The van der Waals surface area contributed by atoms with Gasteiger partial charge in [-0.15, -0.1) is 13.2 Å². The summed E-state index contributed by atoms with van der Waals surface area (Å²) in [5, 5.41) is 7.00. The standard InChI is InChI=1S/C4H8O.C2H4.CH4O.CO/c1-3-4(2)5;3*1-2/h3H2,1-2H3;1-2H2;2H,1H3;. The Morgan fingerprint density at radius 1 is 1.45 bits per heavy atom. The monoisotopic (exact) mass is 160 g/mol. The molecule has 0 aliphatic rings. The molecule has 0 aromatic rings. The summed E-state index contributed by atoms with van der Waals surface area (Å²) in [6, 6.07) is 0. The van der Waals surface area contributed by atoms with E-state index in [1.807, 2.05) is 6.92 Å². The molecular weight excluding hydrogens is 144 g/mol. The number of ketones is 1. The van der Waals surface area contributed by atoms with Gasteiger partial charge in [-0.25, -0.2) is 0 Å². The van der Waals surface area contributed by atoms with Gasteiger partial charge in [0.25, 0.3) is 0 Å². The zero-order valence-electron chi connectivity index (χ0n) is 7.39. The quantitative estimate of drug-likeness (QED) is 0.357. The van der Waals surface area contributed by atoms with Crippen LogP contribution in [0.15, 0.2) is 13.2 Å². The molecule has 1 N–H and O–H groups in total. The average Bonchev–Trinajstić information content (AvgIpc) is 2.15. The Labute approximate surface area is 68.5 Å². The number of hydrogen-bond acceptors (Lipinski definition) is 2. The first-order chi connectivity index (χ1) is 5.27. The fourth-order valence-corrected chi connectivity index (χ4v) is 0. The minimum absolute atomic E-state index is 0.255. The summed E-state index contributed by atoms with van der Waals surface area (Å²) in [4.78, 5) is 9.81. The topological polar surface area (TPSA) is 57.2 Å². The Morgan fingerprint density at radius 2 is 1.55 bits per heavy atom. The van der Waals surface area contributed by atoms with Crippen molar-refractivity contribution in [2.24, 2.45) is 0 Å². The Balaban J connectivity index is -0.0000000350. The van der Waals surface area contributed by atoms with E-state index in [0.29, 0.717) is 6.42 Å². The average molecular weight is 160 g/mol. The molecule has 66 valence electrons. The zero-order chi connectivity index (χ0) is 10.3. The van der Waals surface area contributed by atoms with Crippen molar-refractivity contribution >= 4 is 5.78 Å². The molecule has 0 unspecified atom stereocenters. The Morgan fingerprint density at radius 3 is 1.55 bits per heavy atom. The first-order valence-corrected chi connectivity index (χ1v) is 2.92. The molecule has 0 atom stereocenters. The number of carbonyl (C=O) groups excluding carboxylic acids is 1. The van der Waals surface area contributed by atoms with Crippen LogP contribution in [0.25, 0.3) is 0 Å². The predicted molar refractivity (Wildman–Crippen MR) is 44.3 cm³/mol. The Hall–Kier alpha value is -0.890. The third kappa shape index (κ3) is 374. The summed E-state index contributed by atoms with van der Waals surface area (Å²) in [5.74, 6) is 0.255. The third-order valence-corrected chi connectivity index (χ3v) is 0.498. The molecule has 0 aliphatic heterocycles. The summed E-state index contributed by atoms with van der Waals surface area (Å²) in [7, 11) is 1.00.